The maximum absolute atomic E-state index is 12.5. The van der Waals surface area contributed by atoms with Crippen molar-refractivity contribution < 1.29 is 4.79 Å². The van der Waals surface area contributed by atoms with Crippen molar-refractivity contribution in [2.75, 3.05) is 24.3 Å². The third-order valence-electron chi connectivity index (χ3n) is 6.32. The van der Waals surface area contributed by atoms with Gasteiger partial charge < -0.3 is 15.5 Å². The third-order valence-corrected chi connectivity index (χ3v) is 7.37. The third kappa shape index (κ3) is 5.67. The normalized spacial score (nSPS) is 20.6. The number of rotatable bonds is 6. The molecule has 1 aromatic heterocycles. The molecule has 2 aliphatic rings. The summed E-state index contributed by atoms with van der Waals surface area (Å²) in [6.07, 6.45) is 9.03. The first-order valence-electron chi connectivity index (χ1n) is 11.4. The van der Waals surface area contributed by atoms with Gasteiger partial charge in [-0.3, -0.25) is 4.79 Å². The first-order valence-corrected chi connectivity index (χ1v) is 12.4. The summed E-state index contributed by atoms with van der Waals surface area (Å²) in [6.45, 7) is 0. The highest BCUT2D eigenvalue weighted by molar-refractivity contribution is 14.1. The van der Waals surface area contributed by atoms with Crippen LogP contribution >= 0.6 is 22.6 Å². The van der Waals surface area contributed by atoms with Gasteiger partial charge >= 0.3 is 0 Å². The number of halogens is 1. The lowest BCUT2D eigenvalue weighted by molar-refractivity contribution is -0.121. The van der Waals surface area contributed by atoms with E-state index in [0.717, 1.165) is 59.4 Å². The number of anilines is 2. The number of carbonyl (C=O) groups excluding carboxylic acids is 1. The molecule has 1 heterocycles. The number of nitrogens with zero attached hydrogens (tertiary/aromatic N) is 3. The highest BCUT2D eigenvalue weighted by Gasteiger charge is 2.25. The number of hydrogen-bond donors (Lipinski definition) is 2. The number of carbonyl (C=O) groups is 1. The molecule has 4 rings (SSSR count). The summed E-state index contributed by atoms with van der Waals surface area (Å²) in [5.41, 5.74) is 3.63. The Morgan fingerprint density at radius 1 is 1.06 bits per heavy atom. The van der Waals surface area contributed by atoms with E-state index in [2.05, 4.69) is 52.2 Å². The molecule has 0 aliphatic heterocycles. The van der Waals surface area contributed by atoms with Gasteiger partial charge in [-0.15, -0.1) is 0 Å². The Balaban J connectivity index is 1.31. The van der Waals surface area contributed by atoms with Gasteiger partial charge in [-0.2, -0.15) is 4.98 Å². The lowest BCUT2D eigenvalue weighted by Gasteiger charge is -2.30. The molecule has 0 unspecified atom stereocenters. The van der Waals surface area contributed by atoms with Gasteiger partial charge in [0.1, 0.15) is 5.82 Å². The van der Waals surface area contributed by atoms with E-state index in [-0.39, 0.29) is 11.9 Å². The molecule has 1 amide bonds. The summed E-state index contributed by atoms with van der Waals surface area (Å²) >= 11 is 2.29. The van der Waals surface area contributed by atoms with E-state index >= 15 is 0 Å². The molecular weight excluding hydrogens is 501 g/mol. The van der Waals surface area contributed by atoms with Gasteiger partial charge in [0, 0.05) is 35.3 Å². The minimum absolute atomic E-state index is 0.120. The summed E-state index contributed by atoms with van der Waals surface area (Å²) < 4.78 is 1.14. The quantitative estimate of drug-likeness (QED) is 0.548. The Hall–Kier alpha value is -1.90. The van der Waals surface area contributed by atoms with Crippen LogP contribution < -0.4 is 15.5 Å². The highest BCUT2D eigenvalue weighted by Crippen LogP contribution is 2.29. The van der Waals surface area contributed by atoms with E-state index in [4.69, 9.17) is 9.97 Å². The zero-order valence-corrected chi connectivity index (χ0v) is 20.6. The van der Waals surface area contributed by atoms with Crippen LogP contribution in [0.3, 0.4) is 0 Å². The average Bonchev–Trinajstić information content (AvgIpc) is 2.76. The minimum Gasteiger partial charge on any atom is -0.362 e. The molecule has 0 atom stereocenters. The molecule has 0 saturated heterocycles. The number of fused-ring (bicyclic) bond motifs is 1. The maximum atomic E-state index is 12.5. The van der Waals surface area contributed by atoms with Crippen LogP contribution in [0, 0.1) is 3.57 Å². The SMILES string of the molecule is CN(C)c1nc(N[C@H]2CC[C@@H](NC(=O)Cc3ccccc3I)CC2)nc2c1CCCC2. The molecule has 0 bridgehead atoms. The van der Waals surface area contributed by atoms with Crippen molar-refractivity contribution in [1.82, 2.24) is 15.3 Å². The topological polar surface area (TPSA) is 70.2 Å². The molecule has 0 spiro atoms. The summed E-state index contributed by atoms with van der Waals surface area (Å²) in [7, 11) is 4.12. The number of nitrogens with one attached hydrogen (secondary N) is 2. The Labute approximate surface area is 198 Å². The fourth-order valence-electron chi connectivity index (χ4n) is 4.67. The van der Waals surface area contributed by atoms with Crippen molar-refractivity contribution in [2.45, 2.75) is 69.9 Å². The van der Waals surface area contributed by atoms with Crippen molar-refractivity contribution in [2.24, 2.45) is 0 Å². The summed E-state index contributed by atoms with van der Waals surface area (Å²) in [5.74, 6) is 1.94. The van der Waals surface area contributed by atoms with Gasteiger partial charge in [0.2, 0.25) is 11.9 Å². The number of amides is 1. The molecule has 6 nitrogen and oxygen atoms in total. The number of aryl methyl sites for hydroxylation is 1. The number of benzene rings is 1. The molecular formula is C24H32IN5O. The first-order chi connectivity index (χ1) is 15.0. The molecule has 1 fully saturated rings. The lowest BCUT2D eigenvalue weighted by atomic mass is 9.91. The molecule has 166 valence electrons. The second-order valence-corrected chi connectivity index (χ2v) is 10.1. The maximum Gasteiger partial charge on any atom is 0.225 e. The van der Waals surface area contributed by atoms with Crippen molar-refractivity contribution in [3.8, 4) is 0 Å². The van der Waals surface area contributed by atoms with Crippen LogP contribution in [-0.2, 0) is 24.1 Å². The first kappa shape index (κ1) is 22.3. The highest BCUT2D eigenvalue weighted by atomic mass is 127. The van der Waals surface area contributed by atoms with Crippen molar-refractivity contribution in [3.05, 3.63) is 44.7 Å². The lowest BCUT2D eigenvalue weighted by Crippen LogP contribution is -2.41. The Morgan fingerprint density at radius 3 is 2.52 bits per heavy atom. The summed E-state index contributed by atoms with van der Waals surface area (Å²) in [5, 5.41) is 6.82. The minimum atomic E-state index is 0.120. The fourth-order valence-corrected chi connectivity index (χ4v) is 5.24. The van der Waals surface area contributed by atoms with Crippen LogP contribution in [0.5, 0.6) is 0 Å². The van der Waals surface area contributed by atoms with Crippen LogP contribution in [0.25, 0.3) is 0 Å². The molecule has 2 aromatic rings. The predicted octanol–water partition coefficient (Wildman–Crippen LogP) is 4.11. The Morgan fingerprint density at radius 2 is 1.77 bits per heavy atom. The van der Waals surface area contributed by atoms with E-state index in [9.17, 15) is 4.79 Å². The molecule has 1 aromatic carbocycles. The smallest absolute Gasteiger partial charge is 0.225 e. The average molecular weight is 533 g/mol. The second kappa shape index (κ2) is 10.1. The number of aromatic nitrogens is 2. The van der Waals surface area contributed by atoms with Gasteiger partial charge in [-0.25, -0.2) is 4.98 Å². The van der Waals surface area contributed by atoms with Crippen molar-refractivity contribution in [3.63, 3.8) is 0 Å². The zero-order chi connectivity index (χ0) is 21.8. The second-order valence-electron chi connectivity index (χ2n) is 8.93. The fraction of sp³-hybridized carbons (Fsp3) is 0.542. The zero-order valence-electron chi connectivity index (χ0n) is 18.5. The largest absolute Gasteiger partial charge is 0.362 e. The van der Waals surface area contributed by atoms with Crippen molar-refractivity contribution >= 4 is 40.3 Å². The summed E-state index contributed by atoms with van der Waals surface area (Å²) in [4.78, 5) is 24.3. The van der Waals surface area contributed by atoms with Gasteiger partial charge in [0.05, 0.1) is 12.1 Å². The van der Waals surface area contributed by atoms with E-state index < -0.39 is 0 Å². The van der Waals surface area contributed by atoms with Gasteiger partial charge in [-0.1, -0.05) is 18.2 Å². The number of hydrogen-bond acceptors (Lipinski definition) is 5. The van der Waals surface area contributed by atoms with Crippen LogP contribution in [-0.4, -0.2) is 42.1 Å². The summed E-state index contributed by atoms with van der Waals surface area (Å²) in [6, 6.07) is 8.69. The van der Waals surface area contributed by atoms with Crippen molar-refractivity contribution in [1.29, 1.82) is 0 Å². The molecule has 2 N–H and O–H groups in total. The Bertz CT molecular complexity index is 924. The van der Waals surface area contributed by atoms with Crippen LogP contribution in [0.2, 0.25) is 0 Å². The van der Waals surface area contributed by atoms with Crippen LogP contribution in [0.15, 0.2) is 24.3 Å². The molecule has 1 saturated carbocycles. The molecule has 2 aliphatic carbocycles. The molecule has 0 radical (unpaired) electrons. The Kier molecular flexibility index (Phi) is 7.30. The van der Waals surface area contributed by atoms with Crippen LogP contribution in [0.1, 0.15) is 55.3 Å². The molecule has 31 heavy (non-hydrogen) atoms. The van der Waals surface area contributed by atoms with Crippen LogP contribution in [0.4, 0.5) is 11.8 Å². The van der Waals surface area contributed by atoms with E-state index in [1.165, 1.54) is 24.1 Å². The van der Waals surface area contributed by atoms with E-state index in [1.54, 1.807) is 0 Å². The van der Waals surface area contributed by atoms with E-state index in [0.29, 0.717) is 12.5 Å². The predicted molar refractivity (Wildman–Crippen MR) is 134 cm³/mol. The van der Waals surface area contributed by atoms with E-state index in [1.807, 2.05) is 24.3 Å². The van der Waals surface area contributed by atoms with Gasteiger partial charge in [0.15, 0.2) is 0 Å². The van der Waals surface area contributed by atoms with Gasteiger partial charge in [-0.05, 0) is 85.6 Å². The van der Waals surface area contributed by atoms with Gasteiger partial charge in [0.25, 0.3) is 0 Å². The monoisotopic (exact) mass is 533 g/mol. The molecule has 7 heteroatoms. The standard InChI is InChI=1S/C24H32IN5O/c1-30(2)23-19-8-4-6-10-21(19)28-24(29-23)27-18-13-11-17(12-14-18)26-22(31)15-16-7-3-5-9-20(16)25/h3,5,7,9,17-18H,4,6,8,10-15H2,1-2H3,(H,26,31)(H,27,28,29)/t17-,18+.